The van der Waals surface area contributed by atoms with Crippen molar-refractivity contribution >= 4 is 33.0 Å². The molecule has 1 aromatic heterocycles. The maximum absolute atomic E-state index is 12.2. The van der Waals surface area contributed by atoms with Crippen LogP contribution in [0.15, 0.2) is 16.3 Å². The van der Waals surface area contributed by atoms with Gasteiger partial charge in [0.2, 0.25) is 10.0 Å². The first-order chi connectivity index (χ1) is 7.89. The Morgan fingerprint density at radius 2 is 1.94 bits per heavy atom. The van der Waals surface area contributed by atoms with Crippen LogP contribution in [0.4, 0.5) is 0 Å². The van der Waals surface area contributed by atoms with E-state index < -0.39 is 10.0 Å². The Labute approximate surface area is 112 Å². The van der Waals surface area contributed by atoms with Gasteiger partial charge in [0, 0.05) is 25.0 Å². The third kappa shape index (κ3) is 3.66. The second-order valence-corrected chi connectivity index (χ2v) is 7.25. The van der Waals surface area contributed by atoms with Crippen LogP contribution < -0.4 is 0 Å². The van der Waals surface area contributed by atoms with Gasteiger partial charge in [-0.15, -0.1) is 22.9 Å². The van der Waals surface area contributed by atoms with Crippen LogP contribution in [0, 0.1) is 0 Å². The number of thiophene rings is 1. The van der Waals surface area contributed by atoms with Crippen molar-refractivity contribution in [2.45, 2.75) is 10.8 Å². The highest BCUT2D eigenvalue weighted by atomic mass is 35.5. The smallest absolute Gasteiger partial charge is 0.244 e. The third-order valence-corrected chi connectivity index (χ3v) is 5.79. The van der Waals surface area contributed by atoms with Crippen LogP contribution >= 0.6 is 22.9 Å². The highest BCUT2D eigenvalue weighted by molar-refractivity contribution is 7.89. The molecule has 0 radical (unpaired) electrons. The summed E-state index contributed by atoms with van der Waals surface area (Å²) < 4.78 is 25.8. The van der Waals surface area contributed by atoms with Gasteiger partial charge in [0.1, 0.15) is 0 Å². The molecule has 7 heteroatoms. The van der Waals surface area contributed by atoms with E-state index in [-0.39, 0.29) is 5.88 Å². The molecule has 1 aromatic rings. The molecule has 0 N–H and O–H groups in total. The molecule has 1 rings (SSSR count). The molecular formula is C10H17ClN2O2S2. The lowest BCUT2D eigenvalue weighted by Crippen LogP contribution is -2.33. The molecule has 1 heterocycles. The highest BCUT2D eigenvalue weighted by Gasteiger charge is 2.24. The van der Waals surface area contributed by atoms with Crippen LogP contribution in [0.25, 0.3) is 0 Å². The average molecular weight is 297 g/mol. The van der Waals surface area contributed by atoms with E-state index in [0.717, 1.165) is 0 Å². The van der Waals surface area contributed by atoms with Gasteiger partial charge in [-0.3, -0.25) is 0 Å². The fourth-order valence-electron chi connectivity index (χ4n) is 1.29. The summed E-state index contributed by atoms with van der Waals surface area (Å²) in [6, 6.07) is 1.61. The van der Waals surface area contributed by atoms with Gasteiger partial charge >= 0.3 is 0 Å². The SMILES string of the molecule is CN(C)CCN(C)S(=O)(=O)c1ccsc1CCl. The minimum absolute atomic E-state index is 0.230. The van der Waals surface area contributed by atoms with E-state index in [1.165, 1.54) is 15.6 Å². The summed E-state index contributed by atoms with van der Waals surface area (Å²) in [6.45, 7) is 1.16. The van der Waals surface area contributed by atoms with Crippen molar-refractivity contribution in [2.24, 2.45) is 0 Å². The van der Waals surface area contributed by atoms with Gasteiger partial charge < -0.3 is 4.90 Å². The van der Waals surface area contributed by atoms with E-state index in [4.69, 9.17) is 11.6 Å². The minimum atomic E-state index is -3.40. The molecule has 0 bridgehead atoms. The van der Waals surface area contributed by atoms with Crippen LogP contribution in [-0.2, 0) is 15.9 Å². The van der Waals surface area contributed by atoms with Crippen molar-refractivity contribution in [1.29, 1.82) is 0 Å². The highest BCUT2D eigenvalue weighted by Crippen LogP contribution is 2.25. The van der Waals surface area contributed by atoms with Crippen molar-refractivity contribution in [1.82, 2.24) is 9.21 Å². The van der Waals surface area contributed by atoms with Crippen LogP contribution in [0.2, 0.25) is 0 Å². The Balaban J connectivity index is 2.88. The van der Waals surface area contributed by atoms with Crippen LogP contribution in [0.3, 0.4) is 0 Å². The van der Waals surface area contributed by atoms with Crippen LogP contribution in [-0.4, -0.2) is 51.9 Å². The van der Waals surface area contributed by atoms with Crippen molar-refractivity contribution in [3.63, 3.8) is 0 Å². The lowest BCUT2D eigenvalue weighted by Gasteiger charge is -2.19. The summed E-state index contributed by atoms with van der Waals surface area (Å²) in [5.74, 6) is 0.230. The molecule has 0 atom stereocenters. The van der Waals surface area contributed by atoms with Gasteiger partial charge in [-0.2, -0.15) is 4.31 Å². The molecule has 4 nitrogen and oxygen atoms in total. The second-order valence-electron chi connectivity index (χ2n) is 3.97. The number of hydrogen-bond acceptors (Lipinski definition) is 4. The molecular weight excluding hydrogens is 280 g/mol. The average Bonchev–Trinajstić information content (AvgIpc) is 2.74. The molecule has 0 aliphatic heterocycles. The van der Waals surface area contributed by atoms with Crippen molar-refractivity contribution < 1.29 is 8.42 Å². The monoisotopic (exact) mass is 296 g/mol. The molecule has 0 spiro atoms. The topological polar surface area (TPSA) is 40.6 Å². The van der Waals surface area contributed by atoms with Gasteiger partial charge in [-0.1, -0.05) is 0 Å². The third-order valence-electron chi connectivity index (χ3n) is 2.38. The molecule has 0 fully saturated rings. The predicted octanol–water partition coefficient (Wildman–Crippen LogP) is 1.67. The maximum Gasteiger partial charge on any atom is 0.244 e. The summed E-state index contributed by atoms with van der Waals surface area (Å²) in [4.78, 5) is 2.98. The fraction of sp³-hybridized carbons (Fsp3) is 0.600. The Hall–Kier alpha value is -0.140. The van der Waals surface area contributed by atoms with E-state index >= 15 is 0 Å². The standard InChI is InChI=1S/C10H17ClN2O2S2/c1-12(2)5-6-13(3)17(14,15)10-4-7-16-9(10)8-11/h4,7H,5-6,8H2,1-3H3. The Bertz CT molecular complexity index is 457. The predicted molar refractivity (Wildman–Crippen MR) is 72.2 cm³/mol. The summed E-state index contributed by atoms with van der Waals surface area (Å²) in [5, 5.41) is 1.75. The number of hydrogen-bond donors (Lipinski definition) is 0. The first kappa shape index (κ1) is 14.9. The van der Waals surface area contributed by atoms with Crippen LogP contribution in [0.1, 0.15) is 4.88 Å². The molecule has 0 aliphatic carbocycles. The Kier molecular flexibility index (Phi) is 5.40. The van der Waals surface area contributed by atoms with E-state index in [1.54, 1.807) is 18.5 Å². The quantitative estimate of drug-likeness (QED) is 0.750. The second kappa shape index (κ2) is 6.15. The fourth-order valence-corrected chi connectivity index (χ4v) is 4.12. The number of halogens is 1. The van der Waals surface area contributed by atoms with Gasteiger partial charge in [0.25, 0.3) is 0 Å². The molecule has 0 saturated heterocycles. The number of alkyl halides is 1. The zero-order chi connectivity index (χ0) is 13.1. The van der Waals surface area contributed by atoms with Gasteiger partial charge in [0.05, 0.1) is 10.8 Å². The van der Waals surface area contributed by atoms with E-state index in [2.05, 4.69) is 0 Å². The summed E-state index contributed by atoms with van der Waals surface area (Å²) in [7, 11) is 2.01. The first-order valence-electron chi connectivity index (χ1n) is 5.13. The normalized spacial score (nSPS) is 12.6. The van der Waals surface area contributed by atoms with E-state index in [9.17, 15) is 8.42 Å². The molecule has 98 valence electrons. The van der Waals surface area contributed by atoms with Crippen LogP contribution in [0.5, 0.6) is 0 Å². The van der Waals surface area contributed by atoms with Gasteiger partial charge in [0.15, 0.2) is 0 Å². The van der Waals surface area contributed by atoms with Gasteiger partial charge in [-0.05, 0) is 25.5 Å². The van der Waals surface area contributed by atoms with E-state index in [1.807, 2.05) is 19.0 Å². The number of nitrogens with zero attached hydrogens (tertiary/aromatic N) is 2. The Morgan fingerprint density at radius 1 is 1.29 bits per heavy atom. The summed E-state index contributed by atoms with van der Waals surface area (Å²) in [5.41, 5.74) is 0. The molecule has 0 saturated carbocycles. The Morgan fingerprint density at radius 3 is 2.47 bits per heavy atom. The molecule has 0 amide bonds. The van der Waals surface area contributed by atoms with Crippen molar-refractivity contribution in [2.75, 3.05) is 34.2 Å². The first-order valence-corrected chi connectivity index (χ1v) is 7.98. The zero-order valence-corrected chi connectivity index (χ0v) is 12.6. The van der Waals surface area contributed by atoms with Crippen molar-refractivity contribution in [3.05, 3.63) is 16.3 Å². The minimum Gasteiger partial charge on any atom is -0.308 e. The lowest BCUT2D eigenvalue weighted by atomic mass is 10.5. The van der Waals surface area contributed by atoms with E-state index in [0.29, 0.717) is 22.9 Å². The number of sulfonamides is 1. The summed E-state index contributed by atoms with van der Waals surface area (Å²) in [6.07, 6.45) is 0. The molecule has 0 aromatic carbocycles. The number of likely N-dealkylation sites (N-methyl/N-ethyl adjacent to an activating group) is 2. The molecule has 17 heavy (non-hydrogen) atoms. The number of rotatable bonds is 6. The largest absolute Gasteiger partial charge is 0.308 e. The summed E-state index contributed by atoms with van der Waals surface area (Å²) >= 11 is 7.10. The zero-order valence-electron chi connectivity index (χ0n) is 10.2. The lowest BCUT2D eigenvalue weighted by molar-refractivity contribution is 0.358. The molecule has 0 unspecified atom stereocenters. The van der Waals surface area contributed by atoms with Gasteiger partial charge in [-0.25, -0.2) is 8.42 Å². The maximum atomic E-state index is 12.2. The molecule has 0 aliphatic rings. The van der Waals surface area contributed by atoms with Crippen molar-refractivity contribution in [3.8, 4) is 0 Å².